The number of halogens is 3. The first kappa shape index (κ1) is 15.7. The molecule has 0 saturated heterocycles. The second-order valence-electron chi connectivity index (χ2n) is 3.73. The molecule has 1 amide bonds. The van der Waals surface area contributed by atoms with Crippen molar-refractivity contribution in [2.24, 2.45) is 0 Å². The summed E-state index contributed by atoms with van der Waals surface area (Å²) in [6, 6.07) is -1.32. The van der Waals surface area contributed by atoms with Crippen molar-refractivity contribution in [2.45, 2.75) is 51.9 Å². The Morgan fingerprint density at radius 2 is 1.82 bits per heavy atom. The summed E-state index contributed by atoms with van der Waals surface area (Å²) < 4.78 is 40.5. The molecule has 0 heterocycles. The van der Waals surface area contributed by atoms with Crippen molar-refractivity contribution in [2.75, 3.05) is 0 Å². The minimum Gasteiger partial charge on any atom is -0.461 e. The Morgan fingerprint density at radius 3 is 2.24 bits per heavy atom. The zero-order valence-electron chi connectivity index (χ0n) is 9.93. The van der Waals surface area contributed by atoms with Crippen LogP contribution in [0.3, 0.4) is 0 Å². The third kappa shape index (κ3) is 6.13. The minimum atomic E-state index is -5.00. The molecule has 0 aromatic rings. The normalized spacial score (nSPS) is 14.9. The van der Waals surface area contributed by atoms with Crippen LogP contribution in [0.25, 0.3) is 0 Å². The van der Waals surface area contributed by atoms with Crippen LogP contribution in [-0.2, 0) is 14.3 Å². The fraction of sp³-hybridized carbons (Fsp3) is 0.800. The van der Waals surface area contributed by atoms with Crippen LogP contribution in [-0.4, -0.2) is 30.2 Å². The van der Waals surface area contributed by atoms with Gasteiger partial charge < -0.3 is 10.1 Å². The number of alkyl halides is 3. The summed E-state index contributed by atoms with van der Waals surface area (Å²) in [6.45, 7) is 4.67. The molecule has 1 N–H and O–H groups in total. The topological polar surface area (TPSA) is 55.4 Å². The Bertz CT molecular complexity index is 278. The third-order valence-corrected chi connectivity index (χ3v) is 1.97. The molecule has 0 aromatic heterocycles. The van der Waals surface area contributed by atoms with E-state index in [2.05, 4.69) is 0 Å². The highest BCUT2D eigenvalue weighted by molar-refractivity contribution is 5.87. The van der Waals surface area contributed by atoms with Gasteiger partial charge >= 0.3 is 18.1 Å². The van der Waals surface area contributed by atoms with Crippen molar-refractivity contribution in [3.8, 4) is 0 Å². The number of rotatable bonds is 5. The van der Waals surface area contributed by atoms with E-state index in [-0.39, 0.29) is 6.10 Å². The van der Waals surface area contributed by atoms with Gasteiger partial charge in [0.05, 0.1) is 6.10 Å². The molecule has 0 aromatic carbocycles. The van der Waals surface area contributed by atoms with E-state index < -0.39 is 24.1 Å². The Balaban J connectivity index is 4.19. The largest absolute Gasteiger partial charge is 0.471 e. The lowest BCUT2D eigenvalue weighted by Crippen LogP contribution is -2.46. The van der Waals surface area contributed by atoms with Crippen LogP contribution >= 0.6 is 0 Å². The van der Waals surface area contributed by atoms with Gasteiger partial charge in [-0.1, -0.05) is 13.3 Å². The summed E-state index contributed by atoms with van der Waals surface area (Å²) in [4.78, 5) is 21.8. The standard InChI is InChI=1S/C10H16F3NO3/c1-4-5-6(2)17-8(15)7(3)14-9(16)10(11,12)13/h6-7H,4-5H2,1-3H3,(H,14,16)/t6?,7-/m0/s1. The molecule has 0 spiro atoms. The molecule has 0 bridgehead atoms. The van der Waals surface area contributed by atoms with Crippen molar-refractivity contribution in [3.05, 3.63) is 0 Å². The van der Waals surface area contributed by atoms with Crippen molar-refractivity contribution in [3.63, 3.8) is 0 Å². The van der Waals surface area contributed by atoms with E-state index >= 15 is 0 Å². The molecule has 4 nitrogen and oxygen atoms in total. The Kier molecular flexibility index (Phi) is 5.98. The van der Waals surface area contributed by atoms with Crippen LogP contribution < -0.4 is 5.32 Å². The van der Waals surface area contributed by atoms with Crippen LogP contribution in [0.5, 0.6) is 0 Å². The molecule has 1 unspecified atom stereocenters. The van der Waals surface area contributed by atoms with Gasteiger partial charge in [0.1, 0.15) is 6.04 Å². The number of amides is 1. The van der Waals surface area contributed by atoms with Gasteiger partial charge in [0.2, 0.25) is 0 Å². The molecule has 0 saturated carbocycles. The molecule has 7 heteroatoms. The van der Waals surface area contributed by atoms with E-state index in [4.69, 9.17) is 4.74 Å². The molecular formula is C10H16F3NO3. The van der Waals surface area contributed by atoms with E-state index in [1.54, 1.807) is 6.92 Å². The van der Waals surface area contributed by atoms with Crippen molar-refractivity contribution in [1.29, 1.82) is 0 Å². The van der Waals surface area contributed by atoms with Crippen LogP contribution in [0, 0.1) is 0 Å². The van der Waals surface area contributed by atoms with Gasteiger partial charge in [-0.2, -0.15) is 13.2 Å². The fourth-order valence-corrected chi connectivity index (χ4v) is 1.10. The van der Waals surface area contributed by atoms with E-state index in [0.29, 0.717) is 6.42 Å². The van der Waals surface area contributed by atoms with Gasteiger partial charge in [-0.25, -0.2) is 4.79 Å². The van der Waals surface area contributed by atoms with Crippen LogP contribution in [0.2, 0.25) is 0 Å². The van der Waals surface area contributed by atoms with E-state index in [1.165, 1.54) is 5.32 Å². The lowest BCUT2D eigenvalue weighted by molar-refractivity contribution is -0.176. The molecule has 100 valence electrons. The zero-order chi connectivity index (χ0) is 13.6. The highest BCUT2D eigenvalue weighted by Crippen LogP contribution is 2.14. The van der Waals surface area contributed by atoms with Gasteiger partial charge in [0.25, 0.3) is 0 Å². The van der Waals surface area contributed by atoms with Crippen LogP contribution in [0.15, 0.2) is 0 Å². The van der Waals surface area contributed by atoms with Gasteiger partial charge in [-0.05, 0) is 20.3 Å². The summed E-state index contributed by atoms with van der Waals surface area (Å²) in [7, 11) is 0. The highest BCUT2D eigenvalue weighted by atomic mass is 19.4. The monoisotopic (exact) mass is 255 g/mol. The second kappa shape index (κ2) is 6.46. The second-order valence-corrected chi connectivity index (χ2v) is 3.73. The summed E-state index contributed by atoms with van der Waals surface area (Å²) in [5.41, 5.74) is 0. The van der Waals surface area contributed by atoms with Gasteiger partial charge in [0.15, 0.2) is 0 Å². The number of nitrogens with one attached hydrogen (secondary N) is 1. The first-order chi connectivity index (χ1) is 7.68. The lowest BCUT2D eigenvalue weighted by atomic mass is 10.2. The molecule has 0 aliphatic heterocycles. The quantitative estimate of drug-likeness (QED) is 0.762. The minimum absolute atomic E-state index is 0.377. The smallest absolute Gasteiger partial charge is 0.461 e. The molecule has 0 aliphatic rings. The lowest BCUT2D eigenvalue weighted by Gasteiger charge is -2.17. The summed E-state index contributed by atoms with van der Waals surface area (Å²) in [5, 5.41) is 1.53. The maximum absolute atomic E-state index is 11.9. The molecule has 0 rings (SSSR count). The number of carbonyl (C=O) groups excluding carboxylic acids is 2. The Morgan fingerprint density at radius 1 is 1.29 bits per heavy atom. The summed E-state index contributed by atoms with van der Waals surface area (Å²) in [6.07, 6.45) is -3.97. The van der Waals surface area contributed by atoms with Crippen molar-refractivity contribution in [1.82, 2.24) is 5.32 Å². The van der Waals surface area contributed by atoms with E-state index in [1.807, 2.05) is 6.92 Å². The number of esters is 1. The molecule has 0 radical (unpaired) electrons. The Hall–Kier alpha value is -1.27. The predicted molar refractivity (Wildman–Crippen MR) is 54.1 cm³/mol. The molecule has 2 atom stereocenters. The molecular weight excluding hydrogens is 239 g/mol. The molecule has 17 heavy (non-hydrogen) atoms. The van der Waals surface area contributed by atoms with Crippen molar-refractivity contribution >= 4 is 11.9 Å². The van der Waals surface area contributed by atoms with Crippen LogP contribution in [0.4, 0.5) is 13.2 Å². The van der Waals surface area contributed by atoms with Gasteiger partial charge in [0, 0.05) is 0 Å². The van der Waals surface area contributed by atoms with E-state index in [9.17, 15) is 22.8 Å². The number of hydrogen-bond acceptors (Lipinski definition) is 3. The molecule has 0 aliphatic carbocycles. The predicted octanol–water partition coefficient (Wildman–Crippen LogP) is 1.79. The first-order valence-corrected chi connectivity index (χ1v) is 5.26. The van der Waals surface area contributed by atoms with Gasteiger partial charge in [-0.15, -0.1) is 0 Å². The van der Waals surface area contributed by atoms with Crippen molar-refractivity contribution < 1.29 is 27.5 Å². The average molecular weight is 255 g/mol. The molecule has 0 fully saturated rings. The average Bonchev–Trinajstić information content (AvgIpc) is 2.16. The van der Waals surface area contributed by atoms with Gasteiger partial charge in [-0.3, -0.25) is 4.79 Å². The summed E-state index contributed by atoms with van der Waals surface area (Å²) in [5.74, 6) is -3.02. The van der Waals surface area contributed by atoms with Crippen LogP contribution in [0.1, 0.15) is 33.6 Å². The first-order valence-electron chi connectivity index (χ1n) is 5.26. The summed E-state index contributed by atoms with van der Waals surface area (Å²) >= 11 is 0. The maximum atomic E-state index is 11.9. The SMILES string of the molecule is CCCC(C)OC(=O)[C@H](C)NC(=O)C(F)(F)F. The highest BCUT2D eigenvalue weighted by Gasteiger charge is 2.40. The number of carbonyl (C=O) groups is 2. The Labute approximate surface area is 97.5 Å². The third-order valence-electron chi connectivity index (χ3n) is 1.97. The number of ether oxygens (including phenoxy) is 1. The fourth-order valence-electron chi connectivity index (χ4n) is 1.10. The zero-order valence-corrected chi connectivity index (χ0v) is 9.93. The number of hydrogen-bond donors (Lipinski definition) is 1. The van der Waals surface area contributed by atoms with E-state index in [0.717, 1.165) is 13.3 Å². The maximum Gasteiger partial charge on any atom is 0.471 e.